The summed E-state index contributed by atoms with van der Waals surface area (Å²) < 4.78 is 5.30. The van der Waals surface area contributed by atoms with Crippen LogP contribution in [0.1, 0.15) is 18.1 Å². The second kappa shape index (κ2) is 4.51. The highest BCUT2D eigenvalue weighted by molar-refractivity contribution is 5.37. The van der Waals surface area contributed by atoms with Gasteiger partial charge in [-0.3, -0.25) is 0 Å². The molecule has 1 rings (SSSR count). The number of ether oxygens (including phenoxy) is 1. The monoisotopic (exact) mass is 175 g/mol. The first-order valence-corrected chi connectivity index (χ1v) is 4.37. The SMILES string of the molecule is CCc1ccc(C)cc1OCC#N. The fraction of sp³-hybridized carbons (Fsp3) is 0.364. The van der Waals surface area contributed by atoms with Crippen LogP contribution >= 0.6 is 0 Å². The molecule has 13 heavy (non-hydrogen) atoms. The zero-order chi connectivity index (χ0) is 9.68. The molecule has 1 aromatic rings. The van der Waals surface area contributed by atoms with Gasteiger partial charge in [-0.1, -0.05) is 19.1 Å². The maximum atomic E-state index is 8.39. The van der Waals surface area contributed by atoms with Crippen LogP contribution in [-0.4, -0.2) is 6.61 Å². The Bertz CT molecular complexity index is 325. The summed E-state index contributed by atoms with van der Waals surface area (Å²) in [7, 11) is 0. The molecular formula is C11H13NO. The van der Waals surface area contributed by atoms with Gasteiger partial charge in [0.2, 0.25) is 0 Å². The predicted molar refractivity (Wildman–Crippen MR) is 51.7 cm³/mol. The predicted octanol–water partition coefficient (Wildman–Crippen LogP) is 2.46. The smallest absolute Gasteiger partial charge is 0.174 e. The summed E-state index contributed by atoms with van der Waals surface area (Å²) in [5.74, 6) is 0.837. The minimum absolute atomic E-state index is 0.121. The molecule has 0 N–H and O–H groups in total. The second-order valence-electron chi connectivity index (χ2n) is 2.91. The number of hydrogen-bond donors (Lipinski definition) is 0. The molecule has 0 radical (unpaired) electrons. The first-order chi connectivity index (χ1) is 6.27. The molecule has 0 bridgehead atoms. The summed E-state index contributed by atoms with van der Waals surface area (Å²) in [6.45, 7) is 4.21. The first kappa shape index (κ1) is 9.60. The van der Waals surface area contributed by atoms with E-state index in [1.165, 1.54) is 0 Å². The van der Waals surface area contributed by atoms with Crippen molar-refractivity contribution in [3.8, 4) is 11.8 Å². The van der Waals surface area contributed by atoms with Crippen molar-refractivity contribution in [3.63, 3.8) is 0 Å². The first-order valence-electron chi connectivity index (χ1n) is 4.37. The molecule has 0 atom stereocenters. The molecule has 0 aromatic heterocycles. The molecule has 0 heterocycles. The third-order valence-corrected chi connectivity index (χ3v) is 1.90. The van der Waals surface area contributed by atoms with Crippen LogP contribution in [-0.2, 0) is 6.42 Å². The Hall–Kier alpha value is -1.49. The third-order valence-electron chi connectivity index (χ3n) is 1.90. The van der Waals surface area contributed by atoms with E-state index >= 15 is 0 Å². The lowest BCUT2D eigenvalue weighted by Crippen LogP contribution is -1.97. The summed E-state index contributed by atoms with van der Waals surface area (Å²) in [6, 6.07) is 8.03. The average molecular weight is 175 g/mol. The van der Waals surface area contributed by atoms with E-state index in [0.29, 0.717) is 0 Å². The van der Waals surface area contributed by atoms with Crippen LogP contribution in [0.3, 0.4) is 0 Å². The van der Waals surface area contributed by atoms with Crippen LogP contribution in [0.2, 0.25) is 0 Å². The lowest BCUT2D eigenvalue weighted by atomic mass is 10.1. The van der Waals surface area contributed by atoms with Crippen molar-refractivity contribution in [2.75, 3.05) is 6.61 Å². The van der Waals surface area contributed by atoms with Gasteiger partial charge in [0, 0.05) is 0 Å². The normalized spacial score (nSPS) is 9.31. The number of nitrogens with zero attached hydrogens (tertiary/aromatic N) is 1. The van der Waals surface area contributed by atoms with Crippen molar-refractivity contribution >= 4 is 0 Å². The van der Waals surface area contributed by atoms with Crippen LogP contribution in [0.4, 0.5) is 0 Å². The topological polar surface area (TPSA) is 33.0 Å². The highest BCUT2D eigenvalue weighted by atomic mass is 16.5. The standard InChI is InChI=1S/C11H13NO/c1-3-10-5-4-9(2)8-11(10)13-7-6-12/h4-5,8H,3,7H2,1-2H3. The quantitative estimate of drug-likeness (QED) is 0.707. The Kier molecular flexibility index (Phi) is 3.33. The molecule has 0 aliphatic rings. The molecule has 0 fully saturated rings. The molecule has 0 spiro atoms. The molecule has 0 saturated carbocycles. The minimum Gasteiger partial charge on any atom is -0.478 e. The lowest BCUT2D eigenvalue weighted by Gasteiger charge is -2.07. The third kappa shape index (κ3) is 2.48. The van der Waals surface area contributed by atoms with E-state index in [4.69, 9.17) is 10.00 Å². The van der Waals surface area contributed by atoms with Gasteiger partial charge >= 0.3 is 0 Å². The van der Waals surface area contributed by atoms with E-state index in [0.717, 1.165) is 23.3 Å². The number of benzene rings is 1. The van der Waals surface area contributed by atoms with Crippen LogP contribution in [0, 0.1) is 18.3 Å². The lowest BCUT2D eigenvalue weighted by molar-refractivity contribution is 0.364. The van der Waals surface area contributed by atoms with Crippen LogP contribution in [0.25, 0.3) is 0 Å². The fourth-order valence-corrected chi connectivity index (χ4v) is 1.20. The van der Waals surface area contributed by atoms with E-state index in [-0.39, 0.29) is 6.61 Å². The van der Waals surface area contributed by atoms with Gasteiger partial charge in [0.25, 0.3) is 0 Å². The van der Waals surface area contributed by atoms with Crippen molar-refractivity contribution in [2.24, 2.45) is 0 Å². The van der Waals surface area contributed by atoms with Gasteiger partial charge in [-0.2, -0.15) is 5.26 Å². The largest absolute Gasteiger partial charge is 0.478 e. The van der Waals surface area contributed by atoms with Gasteiger partial charge in [0.05, 0.1) is 0 Å². The van der Waals surface area contributed by atoms with Gasteiger partial charge in [0.15, 0.2) is 6.61 Å². The van der Waals surface area contributed by atoms with Crippen molar-refractivity contribution in [3.05, 3.63) is 29.3 Å². The van der Waals surface area contributed by atoms with E-state index in [1.807, 2.05) is 25.1 Å². The molecule has 1 aromatic carbocycles. The van der Waals surface area contributed by atoms with Crippen molar-refractivity contribution in [1.82, 2.24) is 0 Å². The zero-order valence-electron chi connectivity index (χ0n) is 8.00. The molecule has 2 heteroatoms. The Labute approximate surface area is 78.8 Å². The van der Waals surface area contributed by atoms with Crippen LogP contribution in [0.5, 0.6) is 5.75 Å². The molecule has 0 amide bonds. The fourth-order valence-electron chi connectivity index (χ4n) is 1.20. The number of nitriles is 1. The molecule has 0 aliphatic heterocycles. The van der Waals surface area contributed by atoms with Crippen molar-refractivity contribution in [1.29, 1.82) is 5.26 Å². The van der Waals surface area contributed by atoms with Gasteiger partial charge < -0.3 is 4.74 Å². The molecule has 2 nitrogen and oxygen atoms in total. The van der Waals surface area contributed by atoms with Gasteiger partial charge in [-0.25, -0.2) is 0 Å². The van der Waals surface area contributed by atoms with Gasteiger partial charge in [0.1, 0.15) is 11.8 Å². The van der Waals surface area contributed by atoms with E-state index in [2.05, 4.69) is 13.0 Å². The van der Waals surface area contributed by atoms with E-state index in [1.54, 1.807) is 0 Å². The maximum absolute atomic E-state index is 8.39. The summed E-state index contributed by atoms with van der Waals surface area (Å²) >= 11 is 0. The van der Waals surface area contributed by atoms with Crippen molar-refractivity contribution < 1.29 is 4.74 Å². The Morgan fingerprint density at radius 2 is 2.23 bits per heavy atom. The maximum Gasteiger partial charge on any atom is 0.174 e. The number of rotatable bonds is 3. The summed E-state index contributed by atoms with van der Waals surface area (Å²) in [5.41, 5.74) is 2.31. The molecule has 0 unspecified atom stereocenters. The summed E-state index contributed by atoms with van der Waals surface area (Å²) in [5, 5.41) is 8.39. The van der Waals surface area contributed by atoms with Gasteiger partial charge in [-0.05, 0) is 30.5 Å². The molecule has 68 valence electrons. The number of hydrogen-bond acceptors (Lipinski definition) is 2. The molecule has 0 aliphatic carbocycles. The Morgan fingerprint density at radius 3 is 2.85 bits per heavy atom. The Balaban J connectivity index is 2.89. The molecular weight excluding hydrogens is 162 g/mol. The average Bonchev–Trinajstić information content (AvgIpc) is 2.15. The minimum atomic E-state index is 0.121. The van der Waals surface area contributed by atoms with E-state index < -0.39 is 0 Å². The Morgan fingerprint density at radius 1 is 1.46 bits per heavy atom. The van der Waals surface area contributed by atoms with Gasteiger partial charge in [-0.15, -0.1) is 0 Å². The van der Waals surface area contributed by atoms with E-state index in [9.17, 15) is 0 Å². The van der Waals surface area contributed by atoms with Crippen LogP contribution in [0.15, 0.2) is 18.2 Å². The second-order valence-corrected chi connectivity index (χ2v) is 2.91. The molecule has 0 saturated heterocycles. The highest BCUT2D eigenvalue weighted by Gasteiger charge is 2.01. The highest BCUT2D eigenvalue weighted by Crippen LogP contribution is 2.20. The number of aryl methyl sites for hydroxylation is 2. The van der Waals surface area contributed by atoms with Crippen LogP contribution < -0.4 is 4.74 Å². The zero-order valence-corrected chi connectivity index (χ0v) is 8.00. The van der Waals surface area contributed by atoms with Crippen molar-refractivity contribution in [2.45, 2.75) is 20.3 Å². The summed E-state index contributed by atoms with van der Waals surface area (Å²) in [4.78, 5) is 0. The summed E-state index contributed by atoms with van der Waals surface area (Å²) in [6.07, 6.45) is 0.932.